The second kappa shape index (κ2) is 9.19. The molecule has 0 unspecified atom stereocenters. The van der Waals surface area contributed by atoms with E-state index < -0.39 is 25.2 Å². The predicted octanol–water partition coefficient (Wildman–Crippen LogP) is 3.54. The molecule has 0 radical (unpaired) electrons. The van der Waals surface area contributed by atoms with Crippen LogP contribution in [0.1, 0.15) is 23.2 Å². The SMILES string of the molecule is COc1ccccc1C(=O)[C@H](O)[C@H](NP(=O)(c1ccccc1)c1ccccc1)C1CC1. The first-order chi connectivity index (χ1) is 15.0. The van der Waals surface area contributed by atoms with Gasteiger partial charge in [0, 0.05) is 16.7 Å². The standard InChI is InChI=1S/C25H26NO4P/c1-30-22-15-9-8-14-21(22)24(27)25(28)23(18-16-17-18)26-31(29,19-10-4-2-5-11-19)20-12-6-3-7-13-20/h2-15,18,23,25,28H,16-17H2,1H3,(H,26,29)/t23-,25-/m1/s1. The lowest BCUT2D eigenvalue weighted by Gasteiger charge is -2.30. The molecule has 2 N–H and O–H groups in total. The monoisotopic (exact) mass is 435 g/mol. The third-order valence-electron chi connectivity index (χ3n) is 5.68. The van der Waals surface area contributed by atoms with Crippen molar-refractivity contribution in [2.24, 2.45) is 5.92 Å². The van der Waals surface area contributed by atoms with Crippen molar-refractivity contribution in [1.29, 1.82) is 0 Å². The van der Waals surface area contributed by atoms with E-state index in [1.54, 1.807) is 24.3 Å². The number of ketones is 1. The highest BCUT2D eigenvalue weighted by Gasteiger charge is 2.44. The van der Waals surface area contributed by atoms with Gasteiger partial charge in [0.05, 0.1) is 12.7 Å². The molecule has 0 aromatic heterocycles. The third-order valence-corrected chi connectivity index (χ3v) is 8.39. The zero-order chi connectivity index (χ0) is 21.8. The Hall–Kier alpha value is -2.72. The van der Waals surface area contributed by atoms with Crippen molar-refractivity contribution in [3.63, 3.8) is 0 Å². The molecule has 160 valence electrons. The molecule has 3 aromatic rings. The van der Waals surface area contributed by atoms with E-state index in [2.05, 4.69) is 5.09 Å². The van der Waals surface area contributed by atoms with Crippen molar-refractivity contribution >= 4 is 23.7 Å². The van der Waals surface area contributed by atoms with Gasteiger partial charge in [-0.3, -0.25) is 14.4 Å². The van der Waals surface area contributed by atoms with Crippen LogP contribution < -0.4 is 20.4 Å². The van der Waals surface area contributed by atoms with E-state index >= 15 is 0 Å². The van der Waals surface area contributed by atoms with Gasteiger partial charge in [-0.05, 0) is 55.2 Å². The summed E-state index contributed by atoms with van der Waals surface area (Å²) in [5.41, 5.74) is 0.319. The smallest absolute Gasteiger partial charge is 0.204 e. The first kappa shape index (κ1) is 21.5. The van der Waals surface area contributed by atoms with Gasteiger partial charge in [0.15, 0.2) is 5.78 Å². The minimum Gasteiger partial charge on any atom is -0.496 e. The molecule has 1 aliphatic rings. The molecule has 0 heterocycles. The Labute approximate surface area is 182 Å². The maximum absolute atomic E-state index is 14.4. The van der Waals surface area contributed by atoms with Crippen molar-refractivity contribution in [2.75, 3.05) is 7.11 Å². The summed E-state index contributed by atoms with van der Waals surface area (Å²) in [7, 11) is -1.80. The van der Waals surface area contributed by atoms with Crippen LogP contribution in [0.3, 0.4) is 0 Å². The Morgan fingerprint density at radius 3 is 1.97 bits per heavy atom. The number of Topliss-reactive ketones (excluding diaryl/α,β-unsaturated/α-hetero) is 1. The average Bonchev–Trinajstić information content (AvgIpc) is 3.68. The average molecular weight is 435 g/mol. The third kappa shape index (κ3) is 4.49. The van der Waals surface area contributed by atoms with Crippen molar-refractivity contribution in [1.82, 2.24) is 5.09 Å². The summed E-state index contributed by atoms with van der Waals surface area (Å²) in [4.78, 5) is 13.2. The molecule has 6 heteroatoms. The van der Waals surface area contributed by atoms with Crippen LogP contribution in [0, 0.1) is 5.92 Å². The fourth-order valence-electron chi connectivity index (χ4n) is 3.84. The largest absolute Gasteiger partial charge is 0.496 e. The minimum atomic E-state index is -3.29. The molecule has 0 aliphatic heterocycles. The van der Waals surface area contributed by atoms with Crippen LogP contribution >= 0.6 is 7.29 Å². The van der Waals surface area contributed by atoms with Crippen LogP contribution in [0.5, 0.6) is 5.75 Å². The highest BCUT2D eigenvalue weighted by Crippen LogP contribution is 2.44. The topological polar surface area (TPSA) is 75.6 Å². The quantitative estimate of drug-likeness (QED) is 0.397. The van der Waals surface area contributed by atoms with Crippen molar-refractivity contribution in [2.45, 2.75) is 25.0 Å². The number of para-hydroxylation sites is 1. The number of ether oxygens (including phenoxy) is 1. The number of carbonyl (C=O) groups is 1. The van der Waals surface area contributed by atoms with Crippen LogP contribution in [-0.4, -0.2) is 30.1 Å². The summed E-state index contributed by atoms with van der Waals surface area (Å²) < 4.78 is 19.7. The van der Waals surface area contributed by atoms with Crippen molar-refractivity contribution in [3.8, 4) is 5.75 Å². The molecule has 0 amide bonds. The maximum atomic E-state index is 14.4. The van der Waals surface area contributed by atoms with Gasteiger partial charge >= 0.3 is 0 Å². The van der Waals surface area contributed by atoms with Gasteiger partial charge in [0.25, 0.3) is 0 Å². The zero-order valence-corrected chi connectivity index (χ0v) is 18.2. The fourth-order valence-corrected chi connectivity index (χ4v) is 6.40. The van der Waals surface area contributed by atoms with Gasteiger partial charge < -0.3 is 9.84 Å². The van der Waals surface area contributed by atoms with E-state index in [1.807, 2.05) is 60.7 Å². The van der Waals surface area contributed by atoms with Gasteiger partial charge in [0.1, 0.15) is 11.9 Å². The Morgan fingerprint density at radius 2 is 1.45 bits per heavy atom. The van der Waals surface area contributed by atoms with E-state index in [0.717, 1.165) is 12.8 Å². The molecular weight excluding hydrogens is 409 g/mol. The number of hydrogen-bond acceptors (Lipinski definition) is 4. The molecule has 5 nitrogen and oxygen atoms in total. The second-order valence-corrected chi connectivity index (χ2v) is 10.3. The lowest BCUT2D eigenvalue weighted by atomic mass is 9.97. The summed E-state index contributed by atoms with van der Waals surface area (Å²) in [6.45, 7) is 0. The van der Waals surface area contributed by atoms with Crippen LogP contribution in [0.4, 0.5) is 0 Å². The molecule has 31 heavy (non-hydrogen) atoms. The number of aliphatic hydroxyl groups excluding tert-OH is 1. The molecule has 1 fully saturated rings. The van der Waals surface area contributed by atoms with E-state index in [1.165, 1.54) is 7.11 Å². The number of hydrogen-bond donors (Lipinski definition) is 2. The highest BCUT2D eigenvalue weighted by atomic mass is 31.2. The van der Waals surface area contributed by atoms with E-state index in [4.69, 9.17) is 4.74 Å². The fraction of sp³-hybridized carbons (Fsp3) is 0.240. The summed E-state index contributed by atoms with van der Waals surface area (Å²) in [6, 6.07) is 24.6. The number of carbonyl (C=O) groups excluding carboxylic acids is 1. The molecule has 1 aliphatic carbocycles. The molecule has 0 saturated heterocycles. The van der Waals surface area contributed by atoms with Gasteiger partial charge in [-0.25, -0.2) is 0 Å². The highest BCUT2D eigenvalue weighted by molar-refractivity contribution is 7.76. The molecular formula is C25H26NO4P. The summed E-state index contributed by atoms with van der Waals surface area (Å²) in [5.74, 6) is 0.0549. The van der Waals surface area contributed by atoms with Crippen molar-refractivity contribution < 1.29 is 19.2 Å². The number of rotatable bonds is 9. The van der Waals surface area contributed by atoms with Gasteiger partial charge in [0.2, 0.25) is 7.29 Å². The van der Waals surface area contributed by atoms with E-state index in [-0.39, 0.29) is 5.92 Å². The number of benzene rings is 3. The van der Waals surface area contributed by atoms with Crippen molar-refractivity contribution in [3.05, 3.63) is 90.5 Å². The van der Waals surface area contributed by atoms with Gasteiger partial charge in [-0.2, -0.15) is 0 Å². The Bertz CT molecular complexity index is 1040. The van der Waals surface area contributed by atoms with E-state index in [9.17, 15) is 14.5 Å². The van der Waals surface area contributed by atoms with E-state index in [0.29, 0.717) is 21.9 Å². The molecule has 0 spiro atoms. The predicted molar refractivity (Wildman–Crippen MR) is 123 cm³/mol. The lowest BCUT2D eigenvalue weighted by molar-refractivity contribution is 0.0656. The maximum Gasteiger partial charge on any atom is 0.204 e. The summed E-state index contributed by atoms with van der Waals surface area (Å²) in [5, 5.41) is 15.7. The van der Waals surface area contributed by atoms with Crippen LogP contribution in [0.25, 0.3) is 0 Å². The normalized spacial score (nSPS) is 15.8. The Balaban J connectivity index is 1.70. The molecule has 3 aromatic carbocycles. The first-order valence-electron chi connectivity index (χ1n) is 10.4. The second-order valence-electron chi connectivity index (χ2n) is 7.78. The molecule has 4 rings (SSSR count). The number of aliphatic hydroxyl groups is 1. The first-order valence-corrected chi connectivity index (χ1v) is 12.1. The minimum absolute atomic E-state index is 0.0782. The lowest BCUT2D eigenvalue weighted by Crippen LogP contribution is -2.47. The summed E-state index contributed by atoms with van der Waals surface area (Å²) in [6.07, 6.45) is 0.402. The van der Waals surface area contributed by atoms with Crippen LogP contribution in [0.2, 0.25) is 0 Å². The summed E-state index contributed by atoms with van der Waals surface area (Å²) >= 11 is 0. The number of nitrogens with one attached hydrogen (secondary N) is 1. The molecule has 2 atom stereocenters. The number of methoxy groups -OCH3 is 1. The van der Waals surface area contributed by atoms with Gasteiger partial charge in [-0.15, -0.1) is 0 Å². The van der Waals surface area contributed by atoms with Crippen LogP contribution in [-0.2, 0) is 4.57 Å². The molecule has 1 saturated carbocycles. The van der Waals surface area contributed by atoms with Crippen LogP contribution in [0.15, 0.2) is 84.9 Å². The Kier molecular flexibility index (Phi) is 6.38. The van der Waals surface area contributed by atoms with Gasteiger partial charge in [-0.1, -0.05) is 48.5 Å². The molecule has 0 bridgehead atoms. The zero-order valence-electron chi connectivity index (χ0n) is 17.3. The Morgan fingerprint density at radius 1 is 0.935 bits per heavy atom.